The van der Waals surface area contributed by atoms with Crippen LogP contribution < -0.4 is 129 Å². The molecule has 57 nitrogen and oxygen atoms in total. The first-order valence-electron chi connectivity index (χ1n) is 46.7. The Balaban J connectivity index is 1.68. The highest BCUT2D eigenvalue weighted by Gasteiger charge is 2.45. The molecule has 3 rings (SSSR count). The minimum absolute atomic E-state index is 0.00650. The SMILES string of the molecule is CC(C)C[C@H](NC(=O)[C@@H]1CCCN1C(=O)[C@@H](NC(=O)[C@H](C)NC(=O)[C@@H]1CCCN1C(=O)[C@H](CO)NC(=O)CNC(=O)[C@H](CO)NC(=O)[C@@H](NC(=O)[C@H](CC(=O)O)NC(=O)[C@H](CO)NC(=O)[C@H](CO)NC(=O)[C@H](CCCNC(=N)N)NC(=O)[C@H](CCCNC(=N)N)NC(=O)[C@@H](NC(=O)[C@@H]1CCCN1)C(C)C)[C@@H](C)O)[C@@H](C)O)C(=O)N[C@@H](CCCCN)C(=O)N[C@@H](C)C(=O)N[C@@H](CCCCN)C(=O)NCC(=O)O. The Hall–Kier alpha value is -12.9. The smallest absolute Gasteiger partial charge is 0.322 e. The van der Waals surface area contributed by atoms with Crippen LogP contribution in [-0.2, 0) is 101 Å². The normalized spacial score (nSPS) is 18.0. The molecule has 0 radical (unpaired) electrons. The molecule has 3 heterocycles. The van der Waals surface area contributed by atoms with E-state index in [1.807, 2.05) is 21.3 Å². The number of carboxylic acids is 2. The number of amides is 19. The van der Waals surface area contributed by atoms with Gasteiger partial charge in [0.1, 0.15) is 109 Å². The Morgan fingerprint density at radius 2 is 0.745 bits per heavy atom. The highest BCUT2D eigenvalue weighted by atomic mass is 16.4. The molecule has 0 unspecified atom stereocenters. The summed E-state index contributed by atoms with van der Waals surface area (Å²) in [6.45, 7) is 5.51. The van der Waals surface area contributed by atoms with E-state index in [9.17, 15) is 136 Å². The number of unbranched alkanes of at least 4 members (excludes halogenated alkanes) is 2. The average Bonchev–Trinajstić information content (AvgIpc) is 1.71. The average molecular weight is 2010 g/mol. The standard InChI is InChI=1S/C84H146N28O29/c1-40(2)32-51(73(132)101-48(19-10-12-26-86)70(129)96-42(5)65(124)99-47(18-9-11-25-85)67(126)95-35-61(122)123)104-78(137)58-24-17-31-112(58)82(141)64(45(8)118)110-66(125)43(6)97-77(136)57-23-16-30-111(57)81(140)56(39-116)98-59(119)34-94-68(127)53(36-113)107-80(139)63(44(7)117)109-74(133)52(33-60(120)121)103-75(134)54(37-114)106-76(135)55(38-115)105-72(131)49(21-14-28-92-83(87)88)100-71(130)50(22-15-29-93-84(89)90)102-79(138)62(41(3)4)108-69(128)46-20-13-27-91-46/h40-58,62-64,91,113-118H,9-39,85-86H2,1-8H3,(H,94,127)(H,95,126)(H,96,129)(H,97,136)(H,98,119)(H,99,124)(H,100,130)(H,101,132)(H,102,138)(H,103,134)(H,104,137)(H,105,131)(H,106,135)(H,107,139)(H,108,128)(H,109,133)(H,110,125)(H,120,121)(H,122,123)(H4,87,88,92)(H4,89,90,93)/t42-,43-,44+,45+,46-,47-,48-,49-,50-,51-,52-,53-,54-,55-,56-,57-,58-,62-,63-,64-/m0/s1. The molecule has 0 aromatic heterocycles. The number of nitrogens with zero attached hydrogens (tertiary/aromatic N) is 2. The number of guanidine groups is 2. The van der Waals surface area contributed by atoms with Gasteiger partial charge in [-0.15, -0.1) is 0 Å². The highest BCUT2D eigenvalue weighted by Crippen LogP contribution is 2.23. The van der Waals surface area contributed by atoms with Crippen LogP contribution in [-0.4, -0.2) is 393 Å². The molecule has 19 amide bonds. The van der Waals surface area contributed by atoms with Crippen LogP contribution in [0.1, 0.15) is 171 Å². The molecule has 20 atom stereocenters. The number of aliphatic carboxylic acids is 2. The van der Waals surface area contributed by atoms with Gasteiger partial charge in [0.05, 0.1) is 57.6 Å². The predicted molar refractivity (Wildman–Crippen MR) is 497 cm³/mol. The van der Waals surface area contributed by atoms with Gasteiger partial charge in [0.2, 0.25) is 112 Å². The number of hydrogen-bond donors (Lipinski definition) is 34. The fourth-order valence-electron chi connectivity index (χ4n) is 15.0. The number of rotatable bonds is 64. The fourth-order valence-corrected chi connectivity index (χ4v) is 15.0. The summed E-state index contributed by atoms with van der Waals surface area (Å²) in [5, 5.41) is 145. The van der Waals surface area contributed by atoms with Crippen molar-refractivity contribution in [3.05, 3.63) is 0 Å². The summed E-state index contributed by atoms with van der Waals surface area (Å²) in [5.41, 5.74) is 22.2. The first-order chi connectivity index (χ1) is 66.5. The summed E-state index contributed by atoms with van der Waals surface area (Å²) in [6.07, 6.45) is -1.92. The quantitative estimate of drug-likeness (QED) is 0.0153. The second-order valence-corrected chi connectivity index (χ2v) is 35.2. The Morgan fingerprint density at radius 1 is 0.362 bits per heavy atom. The molecule has 3 aliphatic rings. The molecule has 0 saturated carbocycles. The van der Waals surface area contributed by atoms with E-state index in [0.717, 1.165) is 16.7 Å². The minimum Gasteiger partial charge on any atom is -0.481 e. The summed E-state index contributed by atoms with van der Waals surface area (Å²) >= 11 is 0. The van der Waals surface area contributed by atoms with Gasteiger partial charge in [-0.05, 0) is 168 Å². The Labute approximate surface area is 813 Å². The molecule has 0 spiro atoms. The van der Waals surface area contributed by atoms with Crippen molar-refractivity contribution >= 4 is 136 Å². The summed E-state index contributed by atoms with van der Waals surface area (Å²) in [7, 11) is 0. The van der Waals surface area contributed by atoms with Gasteiger partial charge in [0.15, 0.2) is 11.9 Å². The number of carbonyl (C=O) groups excluding carboxylic acids is 19. The Bertz CT molecular complexity index is 4280. The summed E-state index contributed by atoms with van der Waals surface area (Å²) in [5.74, 6) is -24.6. The van der Waals surface area contributed by atoms with E-state index < -0.39 is 309 Å². The lowest BCUT2D eigenvalue weighted by atomic mass is 10.0. The Morgan fingerprint density at radius 3 is 1.20 bits per heavy atom. The third-order valence-corrected chi connectivity index (χ3v) is 22.8. The van der Waals surface area contributed by atoms with E-state index in [2.05, 4.69) is 85.1 Å². The van der Waals surface area contributed by atoms with Crippen molar-refractivity contribution in [3.63, 3.8) is 0 Å². The van der Waals surface area contributed by atoms with Crippen LogP contribution in [0.4, 0.5) is 0 Å². The van der Waals surface area contributed by atoms with Gasteiger partial charge in [-0.2, -0.15) is 0 Å². The van der Waals surface area contributed by atoms with Gasteiger partial charge >= 0.3 is 11.9 Å². The third kappa shape index (κ3) is 42.6. The van der Waals surface area contributed by atoms with E-state index in [0.29, 0.717) is 45.1 Å². The number of carboxylic acid groups (broad SMARTS) is 2. The number of likely N-dealkylation sites (tertiary alicyclic amines) is 2. The van der Waals surface area contributed by atoms with Gasteiger partial charge in [-0.25, -0.2) is 0 Å². The van der Waals surface area contributed by atoms with E-state index in [4.69, 9.17) is 38.9 Å². The fraction of sp³-hybridized carbons (Fsp3) is 0.726. The van der Waals surface area contributed by atoms with E-state index in [1.165, 1.54) is 20.8 Å². The number of aliphatic hydroxyl groups is 6. The van der Waals surface area contributed by atoms with Crippen molar-refractivity contribution in [1.82, 2.24) is 116 Å². The molecule has 0 aromatic carbocycles. The van der Waals surface area contributed by atoms with Gasteiger partial charge in [0, 0.05) is 26.2 Å². The monoisotopic (exact) mass is 2010 g/mol. The number of aliphatic hydroxyl groups excluding tert-OH is 6. The van der Waals surface area contributed by atoms with Crippen LogP contribution in [0.25, 0.3) is 0 Å². The molecule has 3 saturated heterocycles. The van der Waals surface area contributed by atoms with E-state index >= 15 is 0 Å². The van der Waals surface area contributed by atoms with Gasteiger partial charge in [-0.1, -0.05) is 27.7 Å². The first kappa shape index (κ1) is 122. The molecule has 0 aromatic rings. The van der Waals surface area contributed by atoms with Crippen molar-refractivity contribution in [2.45, 2.75) is 292 Å². The molecule has 3 aliphatic heterocycles. The maximum absolute atomic E-state index is 14.4. The summed E-state index contributed by atoms with van der Waals surface area (Å²) in [6, 6.07) is -28.3. The van der Waals surface area contributed by atoms with E-state index in [-0.39, 0.29) is 116 Å². The van der Waals surface area contributed by atoms with Crippen molar-refractivity contribution in [2.75, 3.05) is 85.3 Å². The zero-order valence-electron chi connectivity index (χ0n) is 80.5. The number of nitrogens with one attached hydrogen (secondary N) is 22. The molecule has 3 fully saturated rings. The van der Waals surface area contributed by atoms with Crippen LogP contribution in [0, 0.1) is 22.7 Å². The molecule has 38 N–H and O–H groups in total. The molecule has 796 valence electrons. The van der Waals surface area contributed by atoms with Gasteiger partial charge in [0.25, 0.3) is 0 Å². The first-order valence-corrected chi connectivity index (χ1v) is 46.7. The summed E-state index contributed by atoms with van der Waals surface area (Å²) in [4.78, 5) is 287. The number of carbonyl (C=O) groups is 21. The lowest BCUT2D eigenvalue weighted by Crippen LogP contribution is -2.62. The maximum Gasteiger partial charge on any atom is 0.322 e. The minimum atomic E-state index is -2.24. The Kier molecular flexibility index (Phi) is 54.6. The molecular formula is C84H146N28O29. The van der Waals surface area contributed by atoms with Gasteiger partial charge in [-0.3, -0.25) is 112 Å². The summed E-state index contributed by atoms with van der Waals surface area (Å²) < 4.78 is 0. The second kappa shape index (κ2) is 63.0. The molecule has 57 heteroatoms. The third-order valence-electron chi connectivity index (χ3n) is 22.8. The van der Waals surface area contributed by atoms with Crippen LogP contribution in [0.5, 0.6) is 0 Å². The van der Waals surface area contributed by atoms with Gasteiger partial charge < -0.3 is 180 Å². The van der Waals surface area contributed by atoms with Crippen LogP contribution in [0.3, 0.4) is 0 Å². The molecule has 0 bridgehead atoms. The molecule has 141 heavy (non-hydrogen) atoms. The van der Waals surface area contributed by atoms with Crippen molar-refractivity contribution in [3.8, 4) is 0 Å². The number of nitrogens with two attached hydrogens (primary N) is 4. The zero-order chi connectivity index (χ0) is 106. The van der Waals surface area contributed by atoms with Crippen molar-refractivity contribution in [1.29, 1.82) is 10.8 Å². The largest absolute Gasteiger partial charge is 0.481 e. The second-order valence-electron chi connectivity index (χ2n) is 35.2. The zero-order valence-corrected chi connectivity index (χ0v) is 80.5. The van der Waals surface area contributed by atoms with E-state index in [1.54, 1.807) is 27.7 Å². The van der Waals surface area contributed by atoms with Crippen LogP contribution >= 0.6 is 0 Å². The van der Waals surface area contributed by atoms with Crippen LogP contribution in [0.15, 0.2) is 0 Å². The van der Waals surface area contributed by atoms with Crippen LogP contribution in [0.2, 0.25) is 0 Å². The topological polar surface area (TPSA) is 919 Å². The highest BCUT2D eigenvalue weighted by molar-refractivity contribution is 6.03. The lowest BCUT2D eigenvalue weighted by Gasteiger charge is -2.32. The molecular weight excluding hydrogens is 1870 g/mol. The maximum atomic E-state index is 14.4. The van der Waals surface area contributed by atoms with Crippen molar-refractivity contribution in [2.24, 2.45) is 34.8 Å². The number of hydrogen-bond acceptors (Lipinski definition) is 32. The molecule has 0 aliphatic carbocycles. The van der Waals surface area contributed by atoms with Crippen molar-refractivity contribution < 1.29 is 142 Å². The lowest BCUT2D eigenvalue weighted by molar-refractivity contribution is -0.145. The predicted octanol–water partition coefficient (Wildman–Crippen LogP) is -15.0.